The molecule has 4 heteroatoms. The van der Waals surface area contributed by atoms with Gasteiger partial charge in [0.2, 0.25) is 0 Å². The summed E-state index contributed by atoms with van der Waals surface area (Å²) in [5.74, 6) is 0.619. The van der Waals surface area contributed by atoms with Gasteiger partial charge < -0.3 is 5.73 Å². The molecule has 3 nitrogen and oxygen atoms in total. The molecule has 0 aromatic heterocycles. The molecule has 0 bridgehead atoms. The molecule has 86 valence electrons. The summed E-state index contributed by atoms with van der Waals surface area (Å²) in [4.78, 5) is 0. The smallest absolute Gasteiger partial charge is 0.150 e. The van der Waals surface area contributed by atoms with Crippen LogP contribution in [0.3, 0.4) is 0 Å². The fourth-order valence-corrected chi connectivity index (χ4v) is 2.93. The van der Waals surface area contributed by atoms with E-state index in [2.05, 4.69) is 6.92 Å². The van der Waals surface area contributed by atoms with E-state index in [1.807, 2.05) is 6.92 Å². The number of sulfone groups is 1. The van der Waals surface area contributed by atoms with E-state index >= 15 is 0 Å². The van der Waals surface area contributed by atoms with Gasteiger partial charge in [0, 0.05) is 11.8 Å². The highest BCUT2D eigenvalue weighted by Crippen LogP contribution is 2.05. The Morgan fingerprint density at radius 2 is 1.71 bits per heavy atom. The summed E-state index contributed by atoms with van der Waals surface area (Å²) < 4.78 is 22.7. The Kier molecular flexibility index (Phi) is 7.19. The Hall–Kier alpha value is -0.0900. The van der Waals surface area contributed by atoms with Crippen molar-refractivity contribution in [2.75, 3.05) is 11.5 Å². The van der Waals surface area contributed by atoms with Crippen molar-refractivity contribution in [3.63, 3.8) is 0 Å². The molecular weight excluding hydrogens is 198 g/mol. The zero-order valence-corrected chi connectivity index (χ0v) is 10.1. The summed E-state index contributed by atoms with van der Waals surface area (Å²) in [5, 5.41) is 0. The number of hydrogen-bond acceptors (Lipinski definition) is 3. The largest absolute Gasteiger partial charge is 0.328 e. The summed E-state index contributed by atoms with van der Waals surface area (Å²) in [6.07, 6.45) is 4.32. The Morgan fingerprint density at radius 3 is 2.21 bits per heavy atom. The first-order valence-electron chi connectivity index (χ1n) is 5.47. The summed E-state index contributed by atoms with van der Waals surface area (Å²) in [6, 6.07) is 0.178. The van der Waals surface area contributed by atoms with E-state index in [1.165, 1.54) is 0 Å². The van der Waals surface area contributed by atoms with Crippen LogP contribution < -0.4 is 5.73 Å². The van der Waals surface area contributed by atoms with Crippen LogP contribution in [0.25, 0.3) is 0 Å². The molecule has 0 saturated heterocycles. The van der Waals surface area contributed by atoms with E-state index < -0.39 is 9.84 Å². The molecule has 0 aliphatic carbocycles. The second kappa shape index (κ2) is 7.23. The molecule has 0 aromatic carbocycles. The molecule has 1 unspecified atom stereocenters. The highest BCUT2D eigenvalue weighted by molar-refractivity contribution is 7.91. The van der Waals surface area contributed by atoms with Crippen molar-refractivity contribution >= 4 is 9.84 Å². The lowest BCUT2D eigenvalue weighted by molar-refractivity contribution is 0.546. The highest BCUT2D eigenvalue weighted by atomic mass is 32.2. The van der Waals surface area contributed by atoms with Crippen molar-refractivity contribution in [3.05, 3.63) is 0 Å². The lowest BCUT2D eigenvalue weighted by Crippen LogP contribution is -2.21. The first-order chi connectivity index (χ1) is 6.52. The van der Waals surface area contributed by atoms with E-state index in [9.17, 15) is 8.42 Å². The molecule has 1 atom stereocenters. The van der Waals surface area contributed by atoms with Crippen LogP contribution in [0.15, 0.2) is 0 Å². The van der Waals surface area contributed by atoms with Crippen LogP contribution >= 0.6 is 0 Å². The van der Waals surface area contributed by atoms with Gasteiger partial charge in [-0.1, -0.05) is 20.3 Å². The first kappa shape index (κ1) is 13.9. The first-order valence-corrected chi connectivity index (χ1v) is 7.30. The van der Waals surface area contributed by atoms with Crippen molar-refractivity contribution < 1.29 is 8.42 Å². The molecule has 0 aliphatic rings. The monoisotopic (exact) mass is 221 g/mol. The van der Waals surface area contributed by atoms with Crippen LogP contribution in [0.5, 0.6) is 0 Å². The van der Waals surface area contributed by atoms with E-state index in [4.69, 9.17) is 5.73 Å². The molecule has 0 amide bonds. The third kappa shape index (κ3) is 7.33. The summed E-state index contributed by atoms with van der Waals surface area (Å²) in [6.45, 7) is 3.98. The molecule has 0 aromatic rings. The van der Waals surface area contributed by atoms with Crippen molar-refractivity contribution in [3.8, 4) is 0 Å². The van der Waals surface area contributed by atoms with Gasteiger partial charge in [0.15, 0.2) is 0 Å². The Bertz CT molecular complexity index is 224. The average molecular weight is 221 g/mol. The van der Waals surface area contributed by atoms with Gasteiger partial charge >= 0.3 is 0 Å². The molecular formula is C10H23NO2S. The quantitative estimate of drug-likeness (QED) is 0.679. The van der Waals surface area contributed by atoms with Gasteiger partial charge in [0.1, 0.15) is 9.84 Å². The lowest BCUT2D eigenvalue weighted by atomic mass is 10.1. The lowest BCUT2D eigenvalue weighted by Gasteiger charge is -2.09. The Balaban J connectivity index is 3.63. The van der Waals surface area contributed by atoms with E-state index in [0.717, 1.165) is 19.3 Å². The minimum Gasteiger partial charge on any atom is -0.328 e. The second-order valence-electron chi connectivity index (χ2n) is 3.84. The van der Waals surface area contributed by atoms with E-state index in [-0.39, 0.29) is 6.04 Å². The van der Waals surface area contributed by atoms with Crippen molar-refractivity contribution in [1.82, 2.24) is 0 Å². The number of nitrogens with two attached hydrogens (primary N) is 1. The van der Waals surface area contributed by atoms with Crippen LogP contribution in [-0.4, -0.2) is 26.0 Å². The third-order valence-electron chi connectivity index (χ3n) is 2.20. The van der Waals surface area contributed by atoms with E-state index in [0.29, 0.717) is 24.3 Å². The zero-order valence-electron chi connectivity index (χ0n) is 9.33. The molecule has 0 fully saturated rings. The van der Waals surface area contributed by atoms with Crippen LogP contribution in [0, 0.1) is 0 Å². The number of hydrogen-bond donors (Lipinski definition) is 1. The molecule has 0 rings (SSSR count). The fraction of sp³-hybridized carbons (Fsp3) is 1.00. The molecule has 0 heterocycles. The molecule has 0 spiro atoms. The maximum Gasteiger partial charge on any atom is 0.150 e. The Morgan fingerprint density at radius 1 is 1.07 bits per heavy atom. The molecule has 14 heavy (non-hydrogen) atoms. The van der Waals surface area contributed by atoms with E-state index in [1.54, 1.807) is 0 Å². The SMILES string of the molecule is CCCC(N)CCCS(=O)(=O)CCC. The minimum absolute atomic E-state index is 0.178. The normalized spacial score (nSPS) is 14.2. The minimum atomic E-state index is -2.80. The molecule has 0 aliphatic heterocycles. The highest BCUT2D eigenvalue weighted by Gasteiger charge is 2.09. The van der Waals surface area contributed by atoms with Crippen molar-refractivity contribution in [2.24, 2.45) is 5.73 Å². The van der Waals surface area contributed by atoms with Crippen molar-refractivity contribution in [1.29, 1.82) is 0 Å². The maximum absolute atomic E-state index is 11.3. The van der Waals surface area contributed by atoms with Gasteiger partial charge in [0.05, 0.1) is 5.75 Å². The topological polar surface area (TPSA) is 60.2 Å². The van der Waals surface area contributed by atoms with Gasteiger partial charge in [-0.15, -0.1) is 0 Å². The standard InChI is InChI=1S/C10H23NO2S/c1-3-6-10(11)7-5-9-14(12,13)8-4-2/h10H,3-9,11H2,1-2H3. The van der Waals surface area contributed by atoms with Crippen molar-refractivity contribution in [2.45, 2.75) is 52.0 Å². The van der Waals surface area contributed by atoms with Gasteiger partial charge in [-0.25, -0.2) is 8.42 Å². The maximum atomic E-state index is 11.3. The molecule has 0 radical (unpaired) electrons. The summed E-state index contributed by atoms with van der Waals surface area (Å²) in [5.41, 5.74) is 5.79. The van der Waals surface area contributed by atoms with Crippen LogP contribution in [0.2, 0.25) is 0 Å². The van der Waals surface area contributed by atoms with Crippen LogP contribution in [-0.2, 0) is 9.84 Å². The predicted molar refractivity (Wildman–Crippen MR) is 61.1 cm³/mol. The zero-order chi connectivity index (χ0) is 11.0. The number of rotatable bonds is 8. The Labute approximate surface area is 88.0 Å². The third-order valence-corrected chi connectivity index (χ3v) is 4.15. The van der Waals surface area contributed by atoms with Gasteiger partial charge in [-0.05, 0) is 25.7 Å². The average Bonchev–Trinajstić information content (AvgIpc) is 2.03. The van der Waals surface area contributed by atoms with Crippen LogP contribution in [0.1, 0.15) is 46.0 Å². The summed E-state index contributed by atoms with van der Waals surface area (Å²) in [7, 11) is -2.80. The van der Waals surface area contributed by atoms with Gasteiger partial charge in [-0.3, -0.25) is 0 Å². The van der Waals surface area contributed by atoms with Gasteiger partial charge in [-0.2, -0.15) is 0 Å². The van der Waals surface area contributed by atoms with Crippen LogP contribution in [0.4, 0.5) is 0 Å². The fourth-order valence-electron chi connectivity index (χ4n) is 1.49. The molecule has 2 N–H and O–H groups in total. The second-order valence-corrected chi connectivity index (χ2v) is 6.15. The summed E-state index contributed by atoms with van der Waals surface area (Å²) >= 11 is 0. The van der Waals surface area contributed by atoms with Gasteiger partial charge in [0.25, 0.3) is 0 Å². The predicted octanol–water partition coefficient (Wildman–Crippen LogP) is 1.72. The molecule has 0 saturated carbocycles.